The van der Waals surface area contributed by atoms with E-state index >= 15 is 0 Å². The minimum Gasteiger partial charge on any atom is -0.309 e. The first-order valence-corrected chi connectivity index (χ1v) is 24.5. The van der Waals surface area contributed by atoms with Gasteiger partial charge in [0.1, 0.15) is 0 Å². The first kappa shape index (κ1) is 46.2. The lowest BCUT2D eigenvalue weighted by Crippen LogP contribution is -2.17. The van der Waals surface area contributed by atoms with E-state index in [2.05, 4.69) is 233 Å². The van der Waals surface area contributed by atoms with Crippen LogP contribution in [0.3, 0.4) is 0 Å². The zero-order valence-electron chi connectivity index (χ0n) is 42.7. The highest BCUT2D eigenvalue weighted by Crippen LogP contribution is 2.41. The zero-order chi connectivity index (χ0) is 49.3. The molecule has 0 aliphatic rings. The van der Waals surface area contributed by atoms with Crippen molar-refractivity contribution in [2.24, 2.45) is 0 Å². The Labute approximate surface area is 413 Å². The molecular formula is C64H62N6. The third-order valence-corrected chi connectivity index (χ3v) is 13.4. The van der Waals surface area contributed by atoms with Crippen LogP contribution in [-0.4, -0.2) is 29.5 Å². The summed E-state index contributed by atoms with van der Waals surface area (Å²) in [7, 11) is 0. The second kappa shape index (κ2) is 17.4. The quantitative estimate of drug-likeness (QED) is 0.159. The number of rotatable bonds is 7. The summed E-state index contributed by atoms with van der Waals surface area (Å²) in [6.07, 6.45) is 0. The first-order valence-electron chi connectivity index (χ1n) is 24.5. The van der Waals surface area contributed by atoms with E-state index in [0.29, 0.717) is 23.3 Å². The Morgan fingerprint density at radius 3 is 1.24 bits per heavy atom. The summed E-state index contributed by atoms with van der Waals surface area (Å²) < 4.78 is 2.38. The molecule has 6 nitrogen and oxygen atoms in total. The van der Waals surface area contributed by atoms with Gasteiger partial charge < -0.3 is 4.57 Å². The molecule has 0 bridgehead atoms. The minimum atomic E-state index is -0.103. The van der Waals surface area contributed by atoms with E-state index < -0.39 is 0 Å². The molecule has 10 rings (SSSR count). The van der Waals surface area contributed by atoms with Gasteiger partial charge in [-0.05, 0) is 127 Å². The lowest BCUT2D eigenvalue weighted by atomic mass is 9.79. The molecule has 0 unspecified atom stereocenters. The molecule has 10 aromatic rings. The predicted molar refractivity (Wildman–Crippen MR) is 293 cm³/mol. The molecule has 3 heterocycles. The summed E-state index contributed by atoms with van der Waals surface area (Å²) in [6.45, 7) is 26.8. The van der Waals surface area contributed by atoms with Gasteiger partial charge in [0.2, 0.25) is 0 Å². The monoisotopic (exact) mass is 915 g/mol. The Balaban J connectivity index is 1.29. The highest BCUT2D eigenvalue weighted by molar-refractivity contribution is 6.10. The lowest BCUT2D eigenvalue weighted by molar-refractivity contribution is 0.569. The van der Waals surface area contributed by atoms with Crippen LogP contribution >= 0.6 is 0 Å². The molecule has 6 heteroatoms. The van der Waals surface area contributed by atoms with Crippen LogP contribution in [0.5, 0.6) is 0 Å². The first-order chi connectivity index (χ1) is 33.3. The second-order valence-electron chi connectivity index (χ2n) is 22.2. The lowest BCUT2D eigenvalue weighted by Gasteiger charge is -2.26. The van der Waals surface area contributed by atoms with Crippen molar-refractivity contribution in [2.45, 2.75) is 99.3 Å². The molecule has 0 atom stereocenters. The molecule has 0 radical (unpaired) electrons. The van der Waals surface area contributed by atoms with Crippen molar-refractivity contribution in [3.05, 3.63) is 191 Å². The van der Waals surface area contributed by atoms with Crippen molar-refractivity contribution in [1.82, 2.24) is 29.5 Å². The van der Waals surface area contributed by atoms with Crippen LogP contribution in [-0.2, 0) is 16.2 Å². The van der Waals surface area contributed by atoms with Gasteiger partial charge in [0, 0.05) is 44.2 Å². The van der Waals surface area contributed by atoms with Crippen LogP contribution in [0.4, 0.5) is 0 Å². The zero-order valence-corrected chi connectivity index (χ0v) is 42.7. The normalized spacial score (nSPS) is 12.3. The fourth-order valence-corrected chi connectivity index (χ4v) is 9.37. The molecule has 0 aliphatic heterocycles. The third kappa shape index (κ3) is 9.07. The summed E-state index contributed by atoms with van der Waals surface area (Å²) in [4.78, 5) is 27.1. The number of benzene rings is 7. The maximum atomic E-state index is 5.45. The molecule has 70 heavy (non-hydrogen) atoms. The standard InChI is InChI=1S/C64H62N6/c1-39-23-26-55-50(31-39)51-32-40(2)24-27-56(51)70(55)57-28-25-44(36-52(57)61-65-53(42-19-15-13-16-20-42)38-54(66-61)43-21-17-14-18-22-43)58-67-59(45-29-41(3)30-47(33-45)62(4,5)6)69-60(68-58)46-34-48(63(7,8)9)37-49(35-46)64(10,11)12/h13-38H,1-12H3. The molecule has 0 aliphatic carbocycles. The largest absolute Gasteiger partial charge is 0.309 e. The number of nitrogens with zero attached hydrogens (tertiary/aromatic N) is 6. The Kier molecular flexibility index (Phi) is 11.5. The van der Waals surface area contributed by atoms with Gasteiger partial charge in [0.25, 0.3) is 0 Å². The number of fused-ring (bicyclic) bond motifs is 3. The molecular weight excluding hydrogens is 853 g/mol. The Bertz CT molecular complexity index is 3470. The Morgan fingerprint density at radius 1 is 0.329 bits per heavy atom. The number of hydrogen-bond donors (Lipinski definition) is 0. The molecule has 0 fully saturated rings. The van der Waals surface area contributed by atoms with Crippen molar-refractivity contribution in [3.63, 3.8) is 0 Å². The molecule has 3 aromatic heterocycles. The molecule has 0 saturated carbocycles. The van der Waals surface area contributed by atoms with E-state index in [0.717, 1.165) is 67.1 Å². The summed E-state index contributed by atoms with van der Waals surface area (Å²) in [5.41, 5.74) is 17.4. The van der Waals surface area contributed by atoms with E-state index in [1.807, 2.05) is 12.1 Å². The molecule has 0 spiro atoms. The maximum Gasteiger partial charge on any atom is 0.164 e. The fraction of sp³-hybridized carbons (Fsp3) is 0.234. The van der Waals surface area contributed by atoms with Crippen LogP contribution in [0.25, 0.3) is 95.6 Å². The van der Waals surface area contributed by atoms with Crippen LogP contribution in [0.2, 0.25) is 0 Å². The van der Waals surface area contributed by atoms with Gasteiger partial charge in [-0.15, -0.1) is 0 Å². The number of aryl methyl sites for hydroxylation is 3. The van der Waals surface area contributed by atoms with Crippen molar-refractivity contribution < 1.29 is 0 Å². The topological polar surface area (TPSA) is 69.4 Å². The molecule has 0 N–H and O–H groups in total. The van der Waals surface area contributed by atoms with E-state index in [1.54, 1.807) is 0 Å². The summed E-state index contributed by atoms with van der Waals surface area (Å²) in [5, 5.41) is 2.40. The minimum absolute atomic E-state index is 0.0794. The maximum absolute atomic E-state index is 5.45. The van der Waals surface area contributed by atoms with E-state index in [4.69, 9.17) is 24.9 Å². The van der Waals surface area contributed by atoms with Gasteiger partial charge in [-0.1, -0.05) is 164 Å². The average Bonchev–Trinajstić information content (AvgIpc) is 3.65. The van der Waals surface area contributed by atoms with Gasteiger partial charge in [0.15, 0.2) is 23.3 Å². The van der Waals surface area contributed by atoms with Gasteiger partial charge in [-0.25, -0.2) is 24.9 Å². The van der Waals surface area contributed by atoms with E-state index in [1.165, 1.54) is 38.6 Å². The van der Waals surface area contributed by atoms with Crippen molar-refractivity contribution in [1.29, 1.82) is 0 Å². The predicted octanol–water partition coefficient (Wildman–Crippen LogP) is 16.6. The van der Waals surface area contributed by atoms with Crippen LogP contribution in [0, 0.1) is 20.8 Å². The molecule has 0 amide bonds. The second-order valence-corrected chi connectivity index (χ2v) is 22.2. The number of hydrogen-bond acceptors (Lipinski definition) is 5. The van der Waals surface area contributed by atoms with Crippen molar-refractivity contribution in [3.8, 4) is 73.8 Å². The molecule has 0 saturated heterocycles. The van der Waals surface area contributed by atoms with Gasteiger partial charge in [-0.2, -0.15) is 0 Å². The van der Waals surface area contributed by atoms with Crippen molar-refractivity contribution in [2.75, 3.05) is 0 Å². The Hall–Kier alpha value is -7.57. The summed E-state index contributed by atoms with van der Waals surface area (Å²) >= 11 is 0. The highest BCUT2D eigenvalue weighted by Gasteiger charge is 2.25. The van der Waals surface area contributed by atoms with E-state index in [-0.39, 0.29) is 16.2 Å². The number of aromatic nitrogens is 6. The van der Waals surface area contributed by atoms with Crippen LogP contribution < -0.4 is 0 Å². The Morgan fingerprint density at radius 2 is 0.771 bits per heavy atom. The van der Waals surface area contributed by atoms with Crippen LogP contribution in [0.1, 0.15) is 95.7 Å². The van der Waals surface area contributed by atoms with Gasteiger partial charge in [-0.3, -0.25) is 0 Å². The van der Waals surface area contributed by atoms with Gasteiger partial charge >= 0.3 is 0 Å². The van der Waals surface area contributed by atoms with E-state index in [9.17, 15) is 0 Å². The fourth-order valence-electron chi connectivity index (χ4n) is 9.37. The summed E-state index contributed by atoms with van der Waals surface area (Å²) in [6, 6.07) is 56.5. The third-order valence-electron chi connectivity index (χ3n) is 13.4. The smallest absolute Gasteiger partial charge is 0.164 e. The molecule has 348 valence electrons. The van der Waals surface area contributed by atoms with Gasteiger partial charge in [0.05, 0.1) is 28.1 Å². The molecule has 7 aromatic carbocycles. The summed E-state index contributed by atoms with van der Waals surface area (Å²) in [5.74, 6) is 2.42. The SMILES string of the molecule is Cc1cc(-c2nc(-c3cc(C(C)(C)C)cc(C(C)(C)C)c3)nc(-c3ccc(-n4c5ccc(C)cc5c5cc(C)ccc54)c(-c4nc(-c5ccccc5)cc(-c5ccccc5)n4)c3)n2)cc(C(C)(C)C)c1. The van der Waals surface area contributed by atoms with Crippen molar-refractivity contribution >= 4 is 21.8 Å². The average molecular weight is 915 g/mol. The van der Waals surface area contributed by atoms with Crippen LogP contribution in [0.15, 0.2) is 158 Å². The highest BCUT2D eigenvalue weighted by atomic mass is 15.0.